The predicted octanol–water partition coefficient (Wildman–Crippen LogP) is -0.0486. The molecular weight excluding hydrogens is 344 g/mol. The van der Waals surface area contributed by atoms with Crippen LogP contribution in [0.4, 0.5) is 11.6 Å². The molecule has 2 heterocycles. The van der Waals surface area contributed by atoms with Crippen LogP contribution in [0.25, 0.3) is 22.6 Å². The molecule has 3 aromatic rings. The van der Waals surface area contributed by atoms with E-state index in [4.69, 9.17) is 21.7 Å². The Balaban J connectivity index is 2.10. The van der Waals surface area contributed by atoms with E-state index in [-0.39, 0.29) is 34.3 Å². The molecule has 0 spiro atoms. The highest BCUT2D eigenvalue weighted by Crippen LogP contribution is 2.29. The monoisotopic (exact) mass is 354 g/mol. The Morgan fingerprint density at radius 3 is 1.96 bits per heavy atom. The lowest BCUT2D eigenvalue weighted by molar-refractivity contribution is 0.0681. The van der Waals surface area contributed by atoms with E-state index in [2.05, 4.69) is 30.6 Å². The van der Waals surface area contributed by atoms with Gasteiger partial charge in [-0.15, -0.1) is 10.2 Å². The summed E-state index contributed by atoms with van der Waals surface area (Å²) in [7, 11) is 0. The summed E-state index contributed by atoms with van der Waals surface area (Å²) in [6.07, 6.45) is 0. The highest BCUT2D eigenvalue weighted by atomic mass is 16.4. The van der Waals surface area contributed by atoms with Crippen LogP contribution in [-0.2, 0) is 0 Å². The first-order chi connectivity index (χ1) is 12.4. The Bertz CT molecular complexity index is 1020. The summed E-state index contributed by atoms with van der Waals surface area (Å²) in [5.41, 5.74) is 11.7. The van der Waals surface area contributed by atoms with E-state index in [1.54, 1.807) is 0 Å². The average molecular weight is 354 g/mol. The van der Waals surface area contributed by atoms with Crippen LogP contribution in [0.3, 0.4) is 0 Å². The normalized spacial score (nSPS) is 10.5. The highest BCUT2D eigenvalue weighted by Gasteiger charge is 2.22. The Morgan fingerprint density at radius 1 is 0.769 bits per heavy atom. The maximum absolute atomic E-state index is 11.2. The lowest BCUT2D eigenvalue weighted by Crippen LogP contribution is -2.12. The van der Waals surface area contributed by atoms with Crippen molar-refractivity contribution in [2.75, 3.05) is 11.5 Å². The van der Waals surface area contributed by atoms with E-state index in [9.17, 15) is 9.59 Å². The second-order valence-electron chi connectivity index (χ2n) is 4.96. The summed E-state index contributed by atoms with van der Waals surface area (Å²) >= 11 is 0. The zero-order valence-electron chi connectivity index (χ0n) is 12.9. The fourth-order valence-electron chi connectivity index (χ4n) is 2.15. The van der Waals surface area contributed by atoms with Gasteiger partial charge < -0.3 is 21.7 Å². The van der Waals surface area contributed by atoms with Crippen LogP contribution < -0.4 is 11.5 Å². The van der Waals surface area contributed by atoms with Crippen molar-refractivity contribution in [3.63, 3.8) is 0 Å². The zero-order valence-corrected chi connectivity index (χ0v) is 12.9. The summed E-state index contributed by atoms with van der Waals surface area (Å²) < 4.78 is 0. The summed E-state index contributed by atoms with van der Waals surface area (Å²) in [4.78, 5) is 30.3. The third-order valence-corrected chi connectivity index (χ3v) is 3.34. The van der Waals surface area contributed by atoms with E-state index in [1.165, 1.54) is 24.3 Å². The van der Waals surface area contributed by atoms with Crippen LogP contribution in [-0.4, -0.2) is 52.7 Å². The van der Waals surface area contributed by atoms with E-state index in [0.29, 0.717) is 5.56 Å². The molecular formula is C14H10N8O4. The van der Waals surface area contributed by atoms with Gasteiger partial charge in [-0.1, -0.05) is 12.1 Å². The van der Waals surface area contributed by atoms with Crippen molar-refractivity contribution in [1.82, 2.24) is 30.6 Å². The molecule has 2 aromatic heterocycles. The zero-order chi connectivity index (χ0) is 18.8. The van der Waals surface area contributed by atoms with Gasteiger partial charge in [-0.25, -0.2) is 19.6 Å². The van der Waals surface area contributed by atoms with Crippen molar-refractivity contribution in [3.8, 4) is 22.6 Å². The van der Waals surface area contributed by atoms with Crippen molar-refractivity contribution in [3.05, 3.63) is 35.5 Å². The van der Waals surface area contributed by atoms with Crippen molar-refractivity contribution in [2.24, 2.45) is 0 Å². The highest BCUT2D eigenvalue weighted by molar-refractivity contribution is 5.93. The van der Waals surface area contributed by atoms with E-state index in [0.717, 1.165) is 0 Å². The number of carboxylic acid groups (broad SMARTS) is 2. The van der Waals surface area contributed by atoms with Gasteiger partial charge in [0.25, 0.3) is 0 Å². The minimum atomic E-state index is -1.39. The van der Waals surface area contributed by atoms with Gasteiger partial charge in [0.1, 0.15) is 11.4 Å². The number of carbonyl (C=O) groups is 2. The van der Waals surface area contributed by atoms with Crippen LogP contribution in [0.15, 0.2) is 24.3 Å². The van der Waals surface area contributed by atoms with E-state index >= 15 is 0 Å². The number of nitrogens with zero attached hydrogens (tertiary/aromatic N) is 6. The molecule has 130 valence electrons. The minimum Gasteiger partial charge on any atom is -0.478 e. The minimum absolute atomic E-state index is 0.0628. The standard InChI is InChI=1S/C14H10N8O4/c15-11-7(5-1-3-6(4-2-5)13(23)24)17-12(16)9(18-11)8-10(14(25)26)20-22-21-19-8/h1-4H,(H2,15,18)(H2,16,17)(H,23,24)(H,25,26). The number of aromatic nitrogens is 6. The van der Waals surface area contributed by atoms with Crippen molar-refractivity contribution in [2.45, 2.75) is 0 Å². The quantitative estimate of drug-likeness (QED) is 0.486. The maximum Gasteiger partial charge on any atom is 0.358 e. The molecule has 1 aromatic carbocycles. The fraction of sp³-hybridized carbons (Fsp3) is 0. The molecule has 12 heteroatoms. The number of benzene rings is 1. The lowest BCUT2D eigenvalue weighted by Gasteiger charge is -2.10. The van der Waals surface area contributed by atoms with Gasteiger partial charge in [-0.2, -0.15) is 0 Å². The molecule has 0 aliphatic carbocycles. The van der Waals surface area contributed by atoms with Crippen LogP contribution in [0.1, 0.15) is 20.8 Å². The molecule has 0 radical (unpaired) electrons. The predicted molar refractivity (Wildman–Crippen MR) is 86.8 cm³/mol. The lowest BCUT2D eigenvalue weighted by atomic mass is 10.1. The van der Waals surface area contributed by atoms with Gasteiger partial charge >= 0.3 is 11.9 Å². The van der Waals surface area contributed by atoms with Crippen LogP contribution in [0.2, 0.25) is 0 Å². The molecule has 3 rings (SSSR count). The number of nitrogens with two attached hydrogens (primary N) is 2. The first-order valence-electron chi connectivity index (χ1n) is 6.95. The van der Waals surface area contributed by atoms with Crippen molar-refractivity contribution < 1.29 is 19.8 Å². The largest absolute Gasteiger partial charge is 0.478 e. The molecule has 12 nitrogen and oxygen atoms in total. The summed E-state index contributed by atoms with van der Waals surface area (Å²) in [5.74, 6) is -2.68. The number of rotatable bonds is 4. The third kappa shape index (κ3) is 2.93. The molecule has 0 atom stereocenters. The molecule has 0 unspecified atom stereocenters. The van der Waals surface area contributed by atoms with Gasteiger partial charge in [-0.3, -0.25) is 0 Å². The number of hydrogen-bond acceptors (Lipinski definition) is 10. The second kappa shape index (κ2) is 6.35. The van der Waals surface area contributed by atoms with Gasteiger partial charge in [0, 0.05) is 5.56 Å². The number of aromatic carboxylic acids is 2. The molecule has 6 N–H and O–H groups in total. The molecule has 0 fully saturated rings. The van der Waals surface area contributed by atoms with Crippen LogP contribution in [0.5, 0.6) is 0 Å². The van der Waals surface area contributed by atoms with Gasteiger partial charge in [0.15, 0.2) is 17.3 Å². The third-order valence-electron chi connectivity index (χ3n) is 3.34. The van der Waals surface area contributed by atoms with E-state index in [1.807, 2.05) is 0 Å². The molecule has 0 saturated heterocycles. The Hall–Kier alpha value is -4.22. The second-order valence-corrected chi connectivity index (χ2v) is 4.96. The van der Waals surface area contributed by atoms with Crippen molar-refractivity contribution in [1.29, 1.82) is 0 Å². The van der Waals surface area contributed by atoms with Crippen molar-refractivity contribution >= 4 is 23.6 Å². The molecule has 0 bridgehead atoms. The smallest absolute Gasteiger partial charge is 0.358 e. The molecule has 26 heavy (non-hydrogen) atoms. The SMILES string of the molecule is Nc1nc(-c2nnnnc2C(=O)O)c(N)nc1-c1ccc(C(=O)O)cc1. The Morgan fingerprint density at radius 2 is 1.35 bits per heavy atom. The topological polar surface area (TPSA) is 204 Å². The van der Waals surface area contributed by atoms with E-state index < -0.39 is 17.6 Å². The summed E-state index contributed by atoms with van der Waals surface area (Å²) in [6.45, 7) is 0. The number of anilines is 2. The molecule has 0 amide bonds. The Kier molecular flexibility index (Phi) is 4.06. The number of hydrogen-bond donors (Lipinski definition) is 4. The van der Waals surface area contributed by atoms with Crippen LogP contribution >= 0.6 is 0 Å². The molecule has 0 aliphatic heterocycles. The molecule has 0 aliphatic rings. The number of nitrogen functional groups attached to an aromatic ring is 2. The summed E-state index contributed by atoms with van der Waals surface area (Å²) in [6, 6.07) is 5.76. The number of carboxylic acids is 2. The first kappa shape index (κ1) is 16.6. The average Bonchev–Trinajstić information content (AvgIpc) is 2.63. The van der Waals surface area contributed by atoms with Gasteiger partial charge in [0.05, 0.1) is 5.56 Å². The summed E-state index contributed by atoms with van der Waals surface area (Å²) in [5, 5.41) is 31.5. The Labute approximate surface area is 144 Å². The van der Waals surface area contributed by atoms with Gasteiger partial charge in [-0.05, 0) is 22.6 Å². The van der Waals surface area contributed by atoms with Crippen LogP contribution in [0, 0.1) is 0 Å². The molecule has 0 saturated carbocycles. The van der Waals surface area contributed by atoms with Gasteiger partial charge in [0.2, 0.25) is 5.69 Å². The first-order valence-corrected chi connectivity index (χ1v) is 6.95. The maximum atomic E-state index is 11.2. The fourth-order valence-corrected chi connectivity index (χ4v) is 2.15.